The molecule has 2 N–H and O–H groups in total. The van der Waals surface area contributed by atoms with Gasteiger partial charge in [-0.15, -0.1) is 11.3 Å². The van der Waals surface area contributed by atoms with Crippen LogP contribution in [0.4, 0.5) is 0 Å². The van der Waals surface area contributed by atoms with Crippen LogP contribution in [0.25, 0.3) is 0 Å². The number of nitrogens with two attached hydrogens (primary N) is 1. The van der Waals surface area contributed by atoms with Gasteiger partial charge in [0.2, 0.25) is 0 Å². The molecule has 0 amide bonds. The molecular weight excluding hydrogens is 280 g/mol. The van der Waals surface area contributed by atoms with E-state index in [2.05, 4.69) is 26.8 Å². The summed E-state index contributed by atoms with van der Waals surface area (Å²) in [5.74, 6) is 1.25. The number of aromatic nitrogens is 1. The van der Waals surface area contributed by atoms with Crippen LogP contribution in [-0.2, 0) is 12.1 Å². The van der Waals surface area contributed by atoms with E-state index < -0.39 is 0 Å². The molecule has 1 aromatic heterocycles. The number of hydrogen-bond donors (Lipinski definition) is 1. The highest BCUT2D eigenvalue weighted by atomic mass is 32.1. The highest BCUT2D eigenvalue weighted by Gasteiger charge is 2.25. The first kappa shape index (κ1) is 16.0. The Balaban J connectivity index is 2.18. The van der Waals surface area contributed by atoms with Crippen molar-refractivity contribution < 1.29 is 4.74 Å². The van der Waals surface area contributed by atoms with E-state index in [4.69, 9.17) is 15.5 Å². The molecule has 0 aliphatic heterocycles. The molecule has 0 saturated heterocycles. The standard InChI is InChI=1S/C17H24N2OS/c1-11(2)15-16(17(4,5)18)21-14(19-15)10-20-13-8-6-7-12(3)9-13/h6-9,11H,10,18H2,1-5H3. The molecular formula is C17H24N2OS. The van der Waals surface area contributed by atoms with Crippen LogP contribution in [0.1, 0.15) is 54.8 Å². The lowest BCUT2D eigenvalue weighted by Gasteiger charge is -2.19. The third kappa shape index (κ3) is 4.05. The first-order chi connectivity index (χ1) is 9.77. The van der Waals surface area contributed by atoms with Crippen molar-refractivity contribution in [2.75, 3.05) is 0 Å². The van der Waals surface area contributed by atoms with E-state index in [-0.39, 0.29) is 5.54 Å². The van der Waals surface area contributed by atoms with Gasteiger partial charge in [0.1, 0.15) is 17.4 Å². The van der Waals surface area contributed by atoms with Crippen LogP contribution in [0.5, 0.6) is 5.75 Å². The zero-order valence-corrected chi connectivity index (χ0v) is 14.3. The molecule has 4 heteroatoms. The van der Waals surface area contributed by atoms with Crippen LogP contribution in [0.15, 0.2) is 24.3 Å². The molecule has 0 unspecified atom stereocenters. The predicted octanol–water partition coefficient (Wildman–Crippen LogP) is 4.35. The third-order valence-electron chi connectivity index (χ3n) is 3.18. The van der Waals surface area contributed by atoms with Gasteiger partial charge >= 0.3 is 0 Å². The first-order valence-corrected chi connectivity index (χ1v) is 8.07. The van der Waals surface area contributed by atoms with Crippen molar-refractivity contribution in [2.24, 2.45) is 5.73 Å². The topological polar surface area (TPSA) is 48.1 Å². The van der Waals surface area contributed by atoms with Crippen molar-refractivity contribution in [1.29, 1.82) is 0 Å². The minimum atomic E-state index is -0.362. The smallest absolute Gasteiger partial charge is 0.140 e. The molecule has 1 aromatic carbocycles. The van der Waals surface area contributed by atoms with Gasteiger partial charge in [-0.05, 0) is 44.4 Å². The number of nitrogens with zero attached hydrogens (tertiary/aromatic N) is 1. The van der Waals surface area contributed by atoms with Gasteiger partial charge in [-0.3, -0.25) is 0 Å². The summed E-state index contributed by atoms with van der Waals surface area (Å²) >= 11 is 1.66. The van der Waals surface area contributed by atoms with Crippen LogP contribution in [0.2, 0.25) is 0 Å². The Morgan fingerprint density at radius 1 is 1.33 bits per heavy atom. The van der Waals surface area contributed by atoms with E-state index in [1.165, 1.54) is 5.56 Å². The van der Waals surface area contributed by atoms with Crippen LogP contribution in [-0.4, -0.2) is 4.98 Å². The van der Waals surface area contributed by atoms with Crippen molar-refractivity contribution in [3.05, 3.63) is 45.4 Å². The number of hydrogen-bond acceptors (Lipinski definition) is 4. The van der Waals surface area contributed by atoms with E-state index in [9.17, 15) is 0 Å². The normalized spacial score (nSPS) is 12.0. The molecule has 0 aliphatic carbocycles. The van der Waals surface area contributed by atoms with Crippen molar-refractivity contribution in [3.8, 4) is 5.75 Å². The van der Waals surface area contributed by atoms with E-state index in [1.54, 1.807) is 11.3 Å². The lowest BCUT2D eigenvalue weighted by molar-refractivity contribution is 0.305. The summed E-state index contributed by atoms with van der Waals surface area (Å²) < 4.78 is 5.84. The first-order valence-electron chi connectivity index (χ1n) is 7.26. The van der Waals surface area contributed by atoms with E-state index in [0.29, 0.717) is 12.5 Å². The Hall–Kier alpha value is -1.39. The van der Waals surface area contributed by atoms with Gasteiger partial charge in [0.15, 0.2) is 0 Å². The van der Waals surface area contributed by atoms with Gasteiger partial charge in [-0.2, -0.15) is 0 Å². The Morgan fingerprint density at radius 2 is 2.05 bits per heavy atom. The fraction of sp³-hybridized carbons (Fsp3) is 0.471. The number of thiazole rings is 1. The molecule has 0 radical (unpaired) electrons. The number of aryl methyl sites for hydroxylation is 1. The summed E-state index contributed by atoms with van der Waals surface area (Å²) in [6.07, 6.45) is 0. The van der Waals surface area contributed by atoms with Gasteiger partial charge in [0, 0.05) is 10.4 Å². The van der Waals surface area contributed by atoms with Crippen molar-refractivity contribution >= 4 is 11.3 Å². The van der Waals surface area contributed by atoms with Gasteiger partial charge < -0.3 is 10.5 Å². The molecule has 114 valence electrons. The minimum absolute atomic E-state index is 0.362. The van der Waals surface area contributed by atoms with Crippen molar-refractivity contribution in [2.45, 2.75) is 52.7 Å². The van der Waals surface area contributed by atoms with Crippen LogP contribution < -0.4 is 10.5 Å². The second-order valence-electron chi connectivity index (χ2n) is 6.30. The molecule has 21 heavy (non-hydrogen) atoms. The molecule has 0 bridgehead atoms. The van der Waals surface area contributed by atoms with Crippen LogP contribution in [0, 0.1) is 6.92 Å². The Kier molecular flexibility index (Phi) is 4.69. The maximum Gasteiger partial charge on any atom is 0.140 e. The summed E-state index contributed by atoms with van der Waals surface area (Å²) in [4.78, 5) is 5.88. The molecule has 0 atom stereocenters. The lowest BCUT2D eigenvalue weighted by atomic mass is 9.98. The third-order valence-corrected chi connectivity index (χ3v) is 4.57. The molecule has 0 fully saturated rings. The monoisotopic (exact) mass is 304 g/mol. The molecule has 0 aliphatic rings. The summed E-state index contributed by atoms with van der Waals surface area (Å²) in [5.41, 5.74) is 8.19. The summed E-state index contributed by atoms with van der Waals surface area (Å²) in [5, 5.41) is 0.980. The van der Waals surface area contributed by atoms with Gasteiger partial charge in [-0.1, -0.05) is 26.0 Å². The largest absolute Gasteiger partial charge is 0.486 e. The molecule has 0 spiro atoms. The maximum atomic E-state index is 6.27. The van der Waals surface area contributed by atoms with Crippen molar-refractivity contribution in [3.63, 3.8) is 0 Å². The zero-order chi connectivity index (χ0) is 15.6. The summed E-state index contributed by atoms with van der Waals surface area (Å²) in [6, 6.07) is 8.06. The van der Waals surface area contributed by atoms with Gasteiger partial charge in [0.25, 0.3) is 0 Å². The fourth-order valence-corrected chi connectivity index (χ4v) is 3.29. The van der Waals surface area contributed by atoms with Crippen molar-refractivity contribution in [1.82, 2.24) is 4.98 Å². The average molecular weight is 304 g/mol. The van der Waals surface area contributed by atoms with Gasteiger partial charge in [0.05, 0.1) is 5.69 Å². The van der Waals surface area contributed by atoms with E-state index in [0.717, 1.165) is 21.3 Å². The molecule has 2 aromatic rings. The van der Waals surface area contributed by atoms with E-state index in [1.807, 2.05) is 32.0 Å². The average Bonchev–Trinajstić information content (AvgIpc) is 2.81. The minimum Gasteiger partial charge on any atom is -0.486 e. The zero-order valence-electron chi connectivity index (χ0n) is 13.4. The van der Waals surface area contributed by atoms with Crippen LogP contribution in [0.3, 0.4) is 0 Å². The van der Waals surface area contributed by atoms with E-state index >= 15 is 0 Å². The molecule has 2 rings (SSSR count). The summed E-state index contributed by atoms with van der Waals surface area (Å²) in [7, 11) is 0. The Labute approximate surface area is 131 Å². The SMILES string of the molecule is Cc1cccc(OCc2nc(C(C)C)c(C(C)(C)N)s2)c1. The van der Waals surface area contributed by atoms with Gasteiger partial charge in [-0.25, -0.2) is 4.98 Å². The quantitative estimate of drug-likeness (QED) is 0.893. The second-order valence-corrected chi connectivity index (χ2v) is 7.39. The number of rotatable bonds is 5. The Bertz CT molecular complexity index is 611. The maximum absolute atomic E-state index is 6.27. The molecule has 0 saturated carbocycles. The highest BCUT2D eigenvalue weighted by molar-refractivity contribution is 7.11. The number of ether oxygens (including phenoxy) is 1. The van der Waals surface area contributed by atoms with Crippen LogP contribution >= 0.6 is 11.3 Å². The second kappa shape index (κ2) is 6.16. The highest BCUT2D eigenvalue weighted by Crippen LogP contribution is 2.33. The predicted molar refractivity (Wildman–Crippen MR) is 88.9 cm³/mol. The fourth-order valence-electron chi connectivity index (χ4n) is 2.14. The molecule has 3 nitrogen and oxygen atoms in total. The molecule has 1 heterocycles. The lowest BCUT2D eigenvalue weighted by Crippen LogP contribution is -2.28. The Morgan fingerprint density at radius 3 is 2.57 bits per heavy atom. The number of benzene rings is 1. The summed E-state index contributed by atoms with van der Waals surface area (Å²) in [6.45, 7) is 10.9.